The van der Waals surface area contributed by atoms with E-state index in [9.17, 15) is 9.59 Å². The van der Waals surface area contributed by atoms with Crippen molar-refractivity contribution in [2.24, 2.45) is 0 Å². The van der Waals surface area contributed by atoms with E-state index < -0.39 is 11.9 Å². The van der Waals surface area contributed by atoms with Gasteiger partial charge in [-0.1, -0.05) is 12.1 Å². The number of hydrogen-bond acceptors (Lipinski definition) is 6. The first kappa shape index (κ1) is 19.2. The fourth-order valence-corrected chi connectivity index (χ4v) is 1.81. The van der Waals surface area contributed by atoms with Crippen molar-refractivity contribution in [1.82, 2.24) is 5.32 Å². The van der Waals surface area contributed by atoms with Crippen molar-refractivity contribution in [3.8, 4) is 6.07 Å². The summed E-state index contributed by atoms with van der Waals surface area (Å²) in [6.45, 7) is 3.09. The number of nitriles is 1. The highest BCUT2D eigenvalue weighted by Crippen LogP contribution is 2.17. The van der Waals surface area contributed by atoms with Crippen LogP contribution >= 0.6 is 0 Å². The highest BCUT2D eigenvalue weighted by Gasteiger charge is 2.16. The van der Waals surface area contributed by atoms with Crippen LogP contribution in [-0.2, 0) is 14.3 Å². The van der Waals surface area contributed by atoms with E-state index in [1.54, 1.807) is 38.3 Å². The molecule has 0 aliphatic rings. The number of carbonyl (C=O) groups excluding carboxylic acids is 2. The monoisotopic (exact) mass is 331 g/mol. The summed E-state index contributed by atoms with van der Waals surface area (Å²) in [5.41, 5.74) is 0.436. The molecule has 0 aliphatic heterocycles. The van der Waals surface area contributed by atoms with Gasteiger partial charge in [-0.3, -0.25) is 4.79 Å². The van der Waals surface area contributed by atoms with Gasteiger partial charge in [-0.25, -0.2) is 4.79 Å². The summed E-state index contributed by atoms with van der Waals surface area (Å²) in [6, 6.07) is 8.29. The van der Waals surface area contributed by atoms with Crippen LogP contribution in [0.4, 0.5) is 5.69 Å². The topological polar surface area (TPSA) is 100 Å². The molecule has 1 amide bonds. The van der Waals surface area contributed by atoms with Crippen LogP contribution in [0.5, 0.6) is 0 Å². The zero-order valence-corrected chi connectivity index (χ0v) is 13.8. The van der Waals surface area contributed by atoms with Crippen LogP contribution in [0, 0.1) is 11.3 Å². The number of carbonyl (C=O) groups is 2. The Balaban J connectivity index is 2.77. The zero-order valence-electron chi connectivity index (χ0n) is 13.8. The molecule has 0 fully saturated rings. The Morgan fingerprint density at radius 2 is 2.08 bits per heavy atom. The molecule has 0 heterocycles. The lowest BCUT2D eigenvalue weighted by Gasteiger charge is -2.10. The lowest BCUT2D eigenvalue weighted by molar-refractivity contribution is -0.112. The van der Waals surface area contributed by atoms with Crippen molar-refractivity contribution in [2.45, 2.75) is 13.3 Å². The second kappa shape index (κ2) is 10.8. The molecular formula is C17H21N3O4. The minimum Gasteiger partial charge on any atom is -0.462 e. The van der Waals surface area contributed by atoms with E-state index in [1.165, 1.54) is 6.20 Å². The molecule has 0 saturated carbocycles. The van der Waals surface area contributed by atoms with E-state index in [0.717, 1.165) is 6.42 Å². The molecule has 1 rings (SSSR count). The average molecular weight is 331 g/mol. The minimum atomic E-state index is -0.603. The molecule has 7 nitrogen and oxygen atoms in total. The molecule has 2 N–H and O–H groups in total. The van der Waals surface area contributed by atoms with E-state index in [4.69, 9.17) is 14.7 Å². The van der Waals surface area contributed by atoms with Gasteiger partial charge in [-0.05, 0) is 25.5 Å². The smallest absolute Gasteiger partial charge is 0.340 e. The van der Waals surface area contributed by atoms with Gasteiger partial charge in [-0.15, -0.1) is 0 Å². The third-order valence-electron chi connectivity index (χ3n) is 2.95. The summed E-state index contributed by atoms with van der Waals surface area (Å²) in [7, 11) is 1.60. The summed E-state index contributed by atoms with van der Waals surface area (Å²) in [4.78, 5) is 24.1. The summed E-state index contributed by atoms with van der Waals surface area (Å²) >= 11 is 0. The number of benzene rings is 1. The van der Waals surface area contributed by atoms with E-state index in [1.807, 2.05) is 6.07 Å². The fraction of sp³-hybridized carbons (Fsp3) is 0.353. The summed E-state index contributed by atoms with van der Waals surface area (Å²) in [5.74, 6) is -1.14. The third-order valence-corrected chi connectivity index (χ3v) is 2.95. The first-order valence-electron chi connectivity index (χ1n) is 7.54. The number of amides is 1. The predicted molar refractivity (Wildman–Crippen MR) is 89.2 cm³/mol. The van der Waals surface area contributed by atoms with Gasteiger partial charge in [0.25, 0.3) is 5.91 Å². The Morgan fingerprint density at radius 1 is 1.33 bits per heavy atom. The quantitative estimate of drug-likeness (QED) is 0.310. The number of nitrogens with one attached hydrogen (secondary N) is 2. The second-order valence-corrected chi connectivity index (χ2v) is 4.69. The van der Waals surface area contributed by atoms with Gasteiger partial charge in [-0.2, -0.15) is 5.26 Å². The number of methoxy groups -OCH3 is 1. The molecule has 0 bridgehead atoms. The number of hydrogen-bond donors (Lipinski definition) is 2. The molecule has 24 heavy (non-hydrogen) atoms. The standard InChI is InChI=1S/C17H21N3O4/c1-3-24-17(22)14-7-4-5-8-15(14)20-16(21)13(11-18)12-19-9-6-10-23-2/h4-5,7-8,12,19H,3,6,9-10H2,1-2H3,(H,20,21)/b13-12-. The highest BCUT2D eigenvalue weighted by atomic mass is 16.5. The zero-order chi connectivity index (χ0) is 17.8. The molecule has 1 aromatic carbocycles. The second-order valence-electron chi connectivity index (χ2n) is 4.69. The van der Waals surface area contributed by atoms with E-state index >= 15 is 0 Å². The molecule has 0 aromatic heterocycles. The molecule has 0 saturated heterocycles. The van der Waals surface area contributed by atoms with Gasteiger partial charge >= 0.3 is 5.97 Å². The van der Waals surface area contributed by atoms with Crippen LogP contribution < -0.4 is 10.6 Å². The van der Waals surface area contributed by atoms with Gasteiger partial charge in [0, 0.05) is 26.5 Å². The molecule has 0 radical (unpaired) electrons. The lowest BCUT2D eigenvalue weighted by atomic mass is 10.1. The number of para-hydroxylation sites is 1. The third kappa shape index (κ3) is 6.10. The maximum absolute atomic E-state index is 12.2. The fourth-order valence-electron chi connectivity index (χ4n) is 1.81. The SMILES string of the molecule is CCOC(=O)c1ccccc1NC(=O)/C(C#N)=C\NCCCOC. The van der Waals surface area contributed by atoms with Crippen LogP contribution in [0.3, 0.4) is 0 Å². The summed E-state index contributed by atoms with van der Waals surface area (Å²) < 4.78 is 9.85. The molecule has 0 atom stereocenters. The number of anilines is 1. The van der Waals surface area contributed by atoms with Crippen molar-refractivity contribution in [1.29, 1.82) is 5.26 Å². The van der Waals surface area contributed by atoms with Crippen LogP contribution in [0.25, 0.3) is 0 Å². The molecule has 0 unspecified atom stereocenters. The van der Waals surface area contributed by atoms with Crippen molar-refractivity contribution in [3.05, 3.63) is 41.6 Å². The van der Waals surface area contributed by atoms with Crippen molar-refractivity contribution in [3.63, 3.8) is 0 Å². The molecule has 0 spiro atoms. The van der Waals surface area contributed by atoms with Crippen molar-refractivity contribution in [2.75, 3.05) is 32.2 Å². The first-order chi connectivity index (χ1) is 11.6. The van der Waals surface area contributed by atoms with Crippen LogP contribution in [0.1, 0.15) is 23.7 Å². The van der Waals surface area contributed by atoms with Gasteiger partial charge in [0.1, 0.15) is 11.6 Å². The Labute approximate surface area is 141 Å². The highest BCUT2D eigenvalue weighted by molar-refractivity contribution is 6.09. The predicted octanol–water partition coefficient (Wildman–Crippen LogP) is 1.84. The average Bonchev–Trinajstić information content (AvgIpc) is 2.58. The van der Waals surface area contributed by atoms with Crippen LogP contribution in [0.2, 0.25) is 0 Å². The lowest BCUT2D eigenvalue weighted by Crippen LogP contribution is -2.19. The molecule has 1 aromatic rings. The van der Waals surface area contributed by atoms with E-state index in [-0.39, 0.29) is 17.7 Å². The van der Waals surface area contributed by atoms with Gasteiger partial charge < -0.3 is 20.1 Å². The van der Waals surface area contributed by atoms with Crippen LogP contribution in [-0.4, -0.2) is 38.7 Å². The Bertz CT molecular complexity index is 635. The normalized spacial score (nSPS) is 10.6. The van der Waals surface area contributed by atoms with E-state index in [2.05, 4.69) is 10.6 Å². The largest absolute Gasteiger partial charge is 0.462 e. The van der Waals surface area contributed by atoms with Gasteiger partial charge in [0.15, 0.2) is 0 Å². The molecule has 7 heteroatoms. The first-order valence-corrected chi connectivity index (χ1v) is 7.54. The maximum atomic E-state index is 12.2. The number of rotatable bonds is 9. The van der Waals surface area contributed by atoms with Gasteiger partial charge in [0.2, 0.25) is 0 Å². The van der Waals surface area contributed by atoms with Crippen molar-refractivity contribution >= 4 is 17.6 Å². The van der Waals surface area contributed by atoms with Gasteiger partial charge in [0.05, 0.1) is 17.9 Å². The Hall–Kier alpha value is -2.85. The van der Waals surface area contributed by atoms with E-state index in [0.29, 0.717) is 18.8 Å². The number of esters is 1. The molecule has 0 aliphatic carbocycles. The Morgan fingerprint density at radius 3 is 2.75 bits per heavy atom. The maximum Gasteiger partial charge on any atom is 0.340 e. The summed E-state index contributed by atoms with van der Waals surface area (Å²) in [5, 5.41) is 14.5. The molecule has 128 valence electrons. The Kier molecular flexibility index (Phi) is 8.64. The molecular weight excluding hydrogens is 310 g/mol. The van der Waals surface area contributed by atoms with Crippen molar-refractivity contribution < 1.29 is 19.1 Å². The number of ether oxygens (including phenoxy) is 2. The summed E-state index contributed by atoms with van der Waals surface area (Å²) in [6.07, 6.45) is 2.09. The minimum absolute atomic E-state index is 0.0916. The van der Waals surface area contributed by atoms with Crippen LogP contribution in [0.15, 0.2) is 36.0 Å². The number of nitrogens with zero attached hydrogens (tertiary/aromatic N) is 1.